The first kappa shape index (κ1) is 26.4. The van der Waals surface area contributed by atoms with Crippen LogP contribution in [0.5, 0.6) is 5.75 Å². The maximum atomic E-state index is 13.6. The Hall–Kier alpha value is -2.70. The van der Waals surface area contributed by atoms with Gasteiger partial charge in [0.1, 0.15) is 16.4 Å². The van der Waals surface area contributed by atoms with Crippen molar-refractivity contribution in [2.24, 2.45) is 17.6 Å². The fourth-order valence-electron chi connectivity index (χ4n) is 4.96. The van der Waals surface area contributed by atoms with Crippen LogP contribution in [-0.2, 0) is 4.79 Å². The van der Waals surface area contributed by atoms with Gasteiger partial charge >= 0.3 is 5.97 Å². The Labute approximate surface area is 219 Å². The van der Waals surface area contributed by atoms with Crippen LogP contribution in [0.4, 0.5) is 4.39 Å². The maximum Gasteiger partial charge on any atom is 0.303 e. The third kappa shape index (κ3) is 6.34. The monoisotopic (exact) mass is 529 g/mol. The van der Waals surface area contributed by atoms with Crippen molar-refractivity contribution >= 4 is 39.8 Å². The molecular formula is C27H29ClFN3O3S. The molecule has 1 fully saturated rings. The summed E-state index contributed by atoms with van der Waals surface area (Å²) in [7, 11) is 1.61. The van der Waals surface area contributed by atoms with E-state index >= 15 is 0 Å². The Morgan fingerprint density at radius 2 is 2.25 bits per heavy atom. The Morgan fingerprint density at radius 3 is 2.97 bits per heavy atom. The fourth-order valence-corrected chi connectivity index (χ4v) is 5.89. The number of nitrogens with zero attached hydrogens (tertiary/aromatic N) is 2. The lowest BCUT2D eigenvalue weighted by Gasteiger charge is -2.37. The summed E-state index contributed by atoms with van der Waals surface area (Å²) < 4.78 is 19.0. The second kappa shape index (κ2) is 12.0. The number of halogens is 2. The third-order valence-electron chi connectivity index (χ3n) is 6.82. The van der Waals surface area contributed by atoms with E-state index in [-0.39, 0.29) is 30.1 Å². The molecule has 0 saturated carbocycles. The van der Waals surface area contributed by atoms with Gasteiger partial charge in [-0.1, -0.05) is 23.4 Å². The van der Waals surface area contributed by atoms with Crippen LogP contribution in [0, 0.1) is 29.5 Å². The molecule has 190 valence electrons. The number of methoxy groups -OCH3 is 1. The van der Waals surface area contributed by atoms with Crippen LogP contribution >= 0.6 is 22.9 Å². The number of hydrogen-bond acceptors (Lipinski definition) is 6. The molecule has 0 aliphatic carbocycles. The number of piperidine rings is 1. The molecule has 0 amide bonds. The molecule has 0 radical (unpaired) electrons. The highest BCUT2D eigenvalue weighted by Crippen LogP contribution is 2.36. The van der Waals surface area contributed by atoms with Crippen molar-refractivity contribution in [1.82, 2.24) is 9.88 Å². The van der Waals surface area contributed by atoms with Crippen LogP contribution in [0.15, 0.2) is 35.8 Å². The lowest BCUT2D eigenvalue weighted by atomic mass is 9.79. The predicted octanol–water partition coefficient (Wildman–Crippen LogP) is 5.34. The standard InChI is InChI=1S/C27H29ClFN3O3S/c1-35-19-5-7-24-20(14-19)27(21(28)15-31-24)23(30)6-4-17-8-11-32(16-18(17)13-26(33)34)10-2-3-25-22(29)9-12-36-25/h5,7,9,12,14-15,17-18,23H,4,6,8,10-11,13,16,30H2,1H3,(H,33,34). The molecule has 3 unspecified atom stereocenters. The van der Waals surface area contributed by atoms with Crippen molar-refractivity contribution in [1.29, 1.82) is 0 Å². The van der Waals surface area contributed by atoms with Gasteiger partial charge in [-0.25, -0.2) is 4.39 Å². The van der Waals surface area contributed by atoms with Gasteiger partial charge < -0.3 is 15.6 Å². The van der Waals surface area contributed by atoms with Crippen LogP contribution in [0.2, 0.25) is 5.02 Å². The van der Waals surface area contributed by atoms with Crippen LogP contribution < -0.4 is 10.5 Å². The molecular weight excluding hydrogens is 501 g/mol. The van der Waals surface area contributed by atoms with E-state index in [1.54, 1.807) is 18.7 Å². The molecule has 36 heavy (non-hydrogen) atoms. The molecule has 4 rings (SSSR count). The lowest BCUT2D eigenvalue weighted by Crippen LogP contribution is -2.41. The molecule has 2 aromatic heterocycles. The molecule has 3 atom stereocenters. The van der Waals surface area contributed by atoms with E-state index in [1.165, 1.54) is 17.4 Å². The van der Waals surface area contributed by atoms with Crippen LogP contribution in [0.25, 0.3) is 10.9 Å². The zero-order valence-electron chi connectivity index (χ0n) is 20.0. The number of likely N-dealkylation sites (tertiary alicyclic amines) is 1. The van der Waals surface area contributed by atoms with E-state index in [2.05, 4.69) is 21.7 Å². The van der Waals surface area contributed by atoms with Gasteiger partial charge in [-0.3, -0.25) is 14.7 Å². The summed E-state index contributed by atoms with van der Waals surface area (Å²) in [6, 6.07) is 6.73. The summed E-state index contributed by atoms with van der Waals surface area (Å²) in [6.07, 6.45) is 4.05. The van der Waals surface area contributed by atoms with E-state index in [1.807, 2.05) is 18.2 Å². The largest absolute Gasteiger partial charge is 0.497 e. The first-order valence-electron chi connectivity index (χ1n) is 11.9. The highest BCUT2D eigenvalue weighted by molar-refractivity contribution is 7.10. The molecule has 0 spiro atoms. The molecule has 0 bridgehead atoms. The van der Waals surface area contributed by atoms with Crippen LogP contribution in [-0.4, -0.2) is 47.7 Å². The maximum absolute atomic E-state index is 13.6. The van der Waals surface area contributed by atoms with Crippen molar-refractivity contribution < 1.29 is 19.0 Å². The molecule has 9 heteroatoms. The highest BCUT2D eigenvalue weighted by Gasteiger charge is 2.31. The summed E-state index contributed by atoms with van der Waals surface area (Å²) in [5, 5.41) is 12.6. The first-order chi connectivity index (χ1) is 17.4. The topological polar surface area (TPSA) is 88.7 Å². The average Bonchev–Trinajstić information content (AvgIpc) is 3.27. The number of rotatable bonds is 8. The van der Waals surface area contributed by atoms with E-state index in [0.29, 0.717) is 35.2 Å². The SMILES string of the molecule is COc1ccc2ncc(Cl)c(C(N)CCC3CCN(CC#Cc4sccc4F)CC3CC(=O)O)c2c1. The second-order valence-electron chi connectivity index (χ2n) is 9.13. The minimum atomic E-state index is -0.807. The predicted molar refractivity (Wildman–Crippen MR) is 141 cm³/mol. The van der Waals surface area contributed by atoms with Crippen molar-refractivity contribution in [2.45, 2.75) is 31.7 Å². The summed E-state index contributed by atoms with van der Waals surface area (Å²) in [5.74, 6) is 5.75. The normalized spacial score (nSPS) is 19.0. The zero-order chi connectivity index (χ0) is 25.7. The molecule has 1 aliphatic rings. The molecule has 3 N–H and O–H groups in total. The molecule has 1 aromatic carbocycles. The number of carboxylic acids is 1. The van der Waals surface area contributed by atoms with Gasteiger partial charge in [0, 0.05) is 30.6 Å². The first-order valence-corrected chi connectivity index (χ1v) is 13.1. The number of pyridine rings is 1. The fraction of sp³-hybridized carbons (Fsp3) is 0.407. The van der Waals surface area contributed by atoms with Gasteiger partial charge in [0.05, 0.1) is 24.2 Å². The van der Waals surface area contributed by atoms with Gasteiger partial charge in [0.25, 0.3) is 0 Å². The number of carbonyl (C=O) groups is 1. The summed E-state index contributed by atoms with van der Waals surface area (Å²) in [6.45, 7) is 1.94. The summed E-state index contributed by atoms with van der Waals surface area (Å²) in [5.41, 5.74) is 8.28. The number of carboxylic acid groups (broad SMARTS) is 1. The molecule has 6 nitrogen and oxygen atoms in total. The van der Waals surface area contributed by atoms with Gasteiger partial charge in [-0.2, -0.15) is 0 Å². The number of benzene rings is 1. The molecule has 3 heterocycles. The minimum absolute atomic E-state index is 0.00604. The van der Waals surface area contributed by atoms with Gasteiger partial charge in [0.15, 0.2) is 0 Å². The average molecular weight is 530 g/mol. The van der Waals surface area contributed by atoms with Crippen LogP contribution in [0.3, 0.4) is 0 Å². The smallest absolute Gasteiger partial charge is 0.303 e. The third-order valence-corrected chi connectivity index (χ3v) is 7.93. The molecule has 1 saturated heterocycles. The molecule has 1 aliphatic heterocycles. The minimum Gasteiger partial charge on any atom is -0.497 e. The summed E-state index contributed by atoms with van der Waals surface area (Å²) >= 11 is 7.80. The lowest BCUT2D eigenvalue weighted by molar-refractivity contribution is -0.139. The van der Waals surface area contributed by atoms with E-state index < -0.39 is 5.97 Å². The zero-order valence-corrected chi connectivity index (χ0v) is 21.6. The van der Waals surface area contributed by atoms with Gasteiger partial charge in [0.2, 0.25) is 0 Å². The van der Waals surface area contributed by atoms with E-state index in [4.69, 9.17) is 22.1 Å². The van der Waals surface area contributed by atoms with Crippen molar-refractivity contribution in [3.63, 3.8) is 0 Å². The number of hydrogen-bond donors (Lipinski definition) is 2. The highest BCUT2D eigenvalue weighted by atomic mass is 35.5. The van der Waals surface area contributed by atoms with Crippen molar-refractivity contribution in [3.05, 3.63) is 57.1 Å². The van der Waals surface area contributed by atoms with Crippen molar-refractivity contribution in [2.75, 3.05) is 26.7 Å². The number of aliphatic carboxylic acids is 1. The Bertz CT molecular complexity index is 1290. The van der Waals surface area contributed by atoms with Gasteiger partial charge in [-0.15, -0.1) is 11.3 Å². The van der Waals surface area contributed by atoms with Crippen LogP contribution in [0.1, 0.15) is 42.2 Å². The second-order valence-corrected chi connectivity index (χ2v) is 10.5. The Kier molecular flexibility index (Phi) is 8.81. The number of thiophene rings is 1. The van der Waals surface area contributed by atoms with E-state index in [9.17, 15) is 14.3 Å². The Balaban J connectivity index is 1.42. The number of ether oxygens (including phenoxy) is 1. The van der Waals surface area contributed by atoms with E-state index in [0.717, 1.165) is 35.9 Å². The quantitative estimate of drug-likeness (QED) is 0.383. The Morgan fingerprint density at radius 1 is 1.42 bits per heavy atom. The molecule has 3 aromatic rings. The number of fused-ring (bicyclic) bond motifs is 1. The van der Waals surface area contributed by atoms with Crippen molar-refractivity contribution in [3.8, 4) is 17.6 Å². The summed E-state index contributed by atoms with van der Waals surface area (Å²) in [4.78, 5) is 18.6. The number of aromatic nitrogens is 1. The van der Waals surface area contributed by atoms with Gasteiger partial charge in [-0.05, 0) is 72.9 Å². The number of nitrogens with two attached hydrogens (primary N) is 1.